The van der Waals surface area contributed by atoms with Gasteiger partial charge in [0.2, 0.25) is 0 Å². The van der Waals surface area contributed by atoms with Crippen molar-refractivity contribution in [2.45, 2.75) is 24.8 Å². The molecule has 2 N–H and O–H groups in total. The van der Waals surface area contributed by atoms with Crippen LogP contribution in [0.4, 0.5) is 0 Å². The van der Waals surface area contributed by atoms with Crippen LogP contribution in [0.15, 0.2) is 41.3 Å². The summed E-state index contributed by atoms with van der Waals surface area (Å²) in [5, 5.41) is 2.47. The van der Waals surface area contributed by atoms with Crippen LogP contribution in [0.5, 0.6) is 0 Å². The molecular formula is C19H20Cl2N2S. The topological polar surface area (TPSA) is 30.9 Å². The van der Waals surface area contributed by atoms with Gasteiger partial charge in [0.15, 0.2) is 0 Å². The zero-order valence-electron chi connectivity index (χ0n) is 13.8. The van der Waals surface area contributed by atoms with E-state index >= 15 is 0 Å². The molecule has 2 nitrogen and oxygen atoms in total. The minimum absolute atomic E-state index is 0.586. The second kappa shape index (κ2) is 7.40. The highest BCUT2D eigenvalue weighted by Gasteiger charge is 2.14. The smallest absolute Gasteiger partial charge is 0.0595 e. The maximum atomic E-state index is 6.17. The molecule has 0 aliphatic carbocycles. The molecule has 0 amide bonds. The van der Waals surface area contributed by atoms with Gasteiger partial charge in [0.25, 0.3) is 0 Å². The largest absolute Gasteiger partial charge is 0.340 e. The number of aromatic nitrogens is 1. The van der Waals surface area contributed by atoms with E-state index in [1.54, 1.807) is 11.8 Å². The van der Waals surface area contributed by atoms with Crippen molar-refractivity contribution >= 4 is 45.9 Å². The Bertz CT molecular complexity index is 887. The summed E-state index contributed by atoms with van der Waals surface area (Å²) in [7, 11) is 0. The standard InChI is InChI=1S/C19H20Cl2N2S/c1-12-15(7-8-22)16-10-14(24-2)4-6-19(16)23(12)11-13-3-5-17(20)18(21)9-13/h3-6,9-10H,7-8,11,22H2,1-2H3. The van der Waals surface area contributed by atoms with Gasteiger partial charge in [-0.1, -0.05) is 29.3 Å². The Hall–Kier alpha value is -1.13. The molecule has 126 valence electrons. The average molecular weight is 379 g/mol. The molecule has 2 aromatic carbocycles. The van der Waals surface area contributed by atoms with Crippen LogP contribution in [0.3, 0.4) is 0 Å². The minimum atomic E-state index is 0.586. The first-order valence-corrected chi connectivity index (χ1v) is 9.83. The first-order valence-electron chi connectivity index (χ1n) is 7.85. The molecule has 0 atom stereocenters. The lowest BCUT2D eigenvalue weighted by atomic mass is 10.1. The van der Waals surface area contributed by atoms with Crippen molar-refractivity contribution in [3.8, 4) is 0 Å². The highest BCUT2D eigenvalue weighted by atomic mass is 35.5. The van der Waals surface area contributed by atoms with E-state index in [-0.39, 0.29) is 0 Å². The number of rotatable bonds is 5. The maximum Gasteiger partial charge on any atom is 0.0595 e. The quantitative estimate of drug-likeness (QED) is 0.591. The fraction of sp³-hybridized carbons (Fsp3) is 0.263. The van der Waals surface area contributed by atoms with Gasteiger partial charge < -0.3 is 10.3 Å². The zero-order valence-corrected chi connectivity index (χ0v) is 16.1. The van der Waals surface area contributed by atoms with Crippen molar-refractivity contribution in [2.75, 3.05) is 12.8 Å². The molecule has 0 unspecified atom stereocenters. The molecule has 0 bridgehead atoms. The third-order valence-corrected chi connectivity index (χ3v) is 5.84. The highest BCUT2D eigenvalue weighted by molar-refractivity contribution is 7.98. The Morgan fingerprint density at radius 2 is 1.88 bits per heavy atom. The van der Waals surface area contributed by atoms with Crippen LogP contribution >= 0.6 is 35.0 Å². The molecule has 0 radical (unpaired) electrons. The van der Waals surface area contributed by atoms with E-state index in [1.807, 2.05) is 18.2 Å². The van der Waals surface area contributed by atoms with Crippen LogP contribution in [0.25, 0.3) is 10.9 Å². The van der Waals surface area contributed by atoms with Crippen molar-refractivity contribution in [1.29, 1.82) is 0 Å². The number of thioether (sulfide) groups is 1. The van der Waals surface area contributed by atoms with Gasteiger partial charge in [0, 0.05) is 28.0 Å². The van der Waals surface area contributed by atoms with Crippen LogP contribution in [-0.4, -0.2) is 17.4 Å². The summed E-state index contributed by atoms with van der Waals surface area (Å²) in [6, 6.07) is 12.5. The molecule has 0 aliphatic rings. The van der Waals surface area contributed by atoms with E-state index in [1.165, 1.54) is 27.1 Å². The number of halogens is 2. The third-order valence-electron chi connectivity index (χ3n) is 4.38. The van der Waals surface area contributed by atoms with Crippen molar-refractivity contribution in [3.05, 3.63) is 63.3 Å². The molecule has 0 fully saturated rings. The summed E-state index contributed by atoms with van der Waals surface area (Å²) in [4.78, 5) is 1.27. The molecule has 3 rings (SSSR count). The van der Waals surface area contributed by atoms with E-state index in [2.05, 4.69) is 35.9 Å². The van der Waals surface area contributed by atoms with Crippen molar-refractivity contribution < 1.29 is 0 Å². The Labute approximate surface area is 156 Å². The van der Waals surface area contributed by atoms with Gasteiger partial charge in [-0.05, 0) is 67.6 Å². The molecule has 0 aliphatic heterocycles. The van der Waals surface area contributed by atoms with Crippen molar-refractivity contribution in [2.24, 2.45) is 5.73 Å². The van der Waals surface area contributed by atoms with Gasteiger partial charge in [-0.15, -0.1) is 11.8 Å². The first kappa shape index (κ1) is 17.7. The van der Waals surface area contributed by atoms with E-state index in [9.17, 15) is 0 Å². The average Bonchev–Trinajstić information content (AvgIpc) is 2.83. The second-order valence-electron chi connectivity index (χ2n) is 5.82. The molecule has 1 aromatic heterocycles. The predicted molar refractivity (Wildman–Crippen MR) is 107 cm³/mol. The normalized spacial score (nSPS) is 11.4. The molecular weight excluding hydrogens is 359 g/mol. The fourth-order valence-electron chi connectivity index (χ4n) is 3.14. The van der Waals surface area contributed by atoms with Crippen LogP contribution in [0.1, 0.15) is 16.8 Å². The van der Waals surface area contributed by atoms with E-state index in [0.29, 0.717) is 16.6 Å². The number of benzene rings is 2. The lowest BCUT2D eigenvalue weighted by Gasteiger charge is -2.10. The molecule has 0 saturated carbocycles. The Morgan fingerprint density at radius 3 is 2.54 bits per heavy atom. The monoisotopic (exact) mass is 378 g/mol. The summed E-state index contributed by atoms with van der Waals surface area (Å²) in [5.41, 5.74) is 10.8. The Kier molecular flexibility index (Phi) is 5.46. The Balaban J connectivity index is 2.12. The van der Waals surface area contributed by atoms with E-state index in [0.717, 1.165) is 18.5 Å². The lowest BCUT2D eigenvalue weighted by molar-refractivity contribution is 0.792. The van der Waals surface area contributed by atoms with E-state index < -0.39 is 0 Å². The number of hydrogen-bond acceptors (Lipinski definition) is 2. The van der Waals surface area contributed by atoms with Crippen LogP contribution in [-0.2, 0) is 13.0 Å². The summed E-state index contributed by atoms with van der Waals surface area (Å²) < 4.78 is 2.34. The minimum Gasteiger partial charge on any atom is -0.340 e. The molecule has 24 heavy (non-hydrogen) atoms. The van der Waals surface area contributed by atoms with Gasteiger partial charge in [-0.3, -0.25) is 0 Å². The molecule has 0 saturated heterocycles. The van der Waals surface area contributed by atoms with Gasteiger partial charge in [0.1, 0.15) is 0 Å². The molecule has 3 aromatic rings. The van der Waals surface area contributed by atoms with Crippen LogP contribution in [0.2, 0.25) is 10.0 Å². The number of hydrogen-bond donors (Lipinski definition) is 1. The summed E-state index contributed by atoms with van der Waals surface area (Å²) >= 11 is 14.0. The van der Waals surface area contributed by atoms with Crippen molar-refractivity contribution in [1.82, 2.24) is 4.57 Å². The van der Waals surface area contributed by atoms with Crippen LogP contribution in [0, 0.1) is 6.92 Å². The van der Waals surface area contributed by atoms with Gasteiger partial charge in [-0.25, -0.2) is 0 Å². The fourth-order valence-corrected chi connectivity index (χ4v) is 3.90. The first-order chi connectivity index (χ1) is 11.5. The SMILES string of the molecule is CSc1ccc2c(c1)c(CCN)c(C)n2Cc1ccc(Cl)c(Cl)c1. The second-order valence-corrected chi connectivity index (χ2v) is 7.51. The van der Waals surface area contributed by atoms with Gasteiger partial charge in [-0.2, -0.15) is 0 Å². The van der Waals surface area contributed by atoms with E-state index in [4.69, 9.17) is 28.9 Å². The molecule has 5 heteroatoms. The van der Waals surface area contributed by atoms with Crippen LogP contribution < -0.4 is 5.73 Å². The third kappa shape index (κ3) is 3.31. The number of nitrogens with two attached hydrogens (primary N) is 1. The van der Waals surface area contributed by atoms with Gasteiger partial charge >= 0.3 is 0 Å². The molecule has 0 spiro atoms. The van der Waals surface area contributed by atoms with Crippen molar-refractivity contribution in [3.63, 3.8) is 0 Å². The highest BCUT2D eigenvalue weighted by Crippen LogP contribution is 2.31. The lowest BCUT2D eigenvalue weighted by Crippen LogP contribution is -2.06. The summed E-state index contributed by atoms with van der Waals surface area (Å²) in [6.07, 6.45) is 2.98. The van der Waals surface area contributed by atoms with Gasteiger partial charge in [0.05, 0.1) is 10.0 Å². The summed E-state index contributed by atoms with van der Waals surface area (Å²) in [6.45, 7) is 3.58. The predicted octanol–water partition coefficient (Wildman–Crippen LogP) is 5.53. The number of nitrogens with zero attached hydrogens (tertiary/aromatic N) is 1. The summed E-state index contributed by atoms with van der Waals surface area (Å²) in [5.74, 6) is 0. The maximum absolute atomic E-state index is 6.17. The zero-order chi connectivity index (χ0) is 17.3. The Morgan fingerprint density at radius 1 is 1.08 bits per heavy atom. The molecule has 1 heterocycles. The number of fused-ring (bicyclic) bond motifs is 1.